The molecule has 0 aliphatic heterocycles. The number of hydrogen-bond donors (Lipinski definition) is 0. The number of pyridine rings is 2. The van der Waals surface area contributed by atoms with Gasteiger partial charge in [-0.2, -0.15) is 0 Å². The Hall–Kier alpha value is -3.11. The SMILES string of the molecule is Cc1ccc2c(Cl)nccc2c1Cc1ncccc1-c1ncnc2c1C=CC2. The number of halogens is 1. The van der Waals surface area contributed by atoms with E-state index in [-0.39, 0.29) is 0 Å². The fraction of sp³-hybridized carbons (Fsp3) is 0.130. The smallest absolute Gasteiger partial charge is 0.136 e. The van der Waals surface area contributed by atoms with Crippen molar-refractivity contribution in [2.24, 2.45) is 0 Å². The second kappa shape index (κ2) is 6.80. The molecule has 5 rings (SSSR count). The maximum Gasteiger partial charge on any atom is 0.136 e. The minimum atomic E-state index is 0.527. The molecule has 0 bridgehead atoms. The van der Waals surface area contributed by atoms with Crippen LogP contribution in [0.4, 0.5) is 0 Å². The zero-order chi connectivity index (χ0) is 19.1. The largest absolute Gasteiger partial charge is 0.260 e. The summed E-state index contributed by atoms with van der Waals surface area (Å²) in [6.07, 6.45) is 11.0. The molecule has 0 saturated carbocycles. The first-order chi connectivity index (χ1) is 13.7. The fourth-order valence-corrected chi connectivity index (χ4v) is 4.08. The van der Waals surface area contributed by atoms with Gasteiger partial charge in [-0.15, -0.1) is 0 Å². The Balaban J connectivity index is 1.67. The molecule has 28 heavy (non-hydrogen) atoms. The summed E-state index contributed by atoms with van der Waals surface area (Å²) in [5.74, 6) is 0. The highest BCUT2D eigenvalue weighted by molar-refractivity contribution is 6.34. The molecule has 0 amide bonds. The van der Waals surface area contributed by atoms with Gasteiger partial charge in [-0.25, -0.2) is 15.0 Å². The number of hydrogen-bond acceptors (Lipinski definition) is 4. The van der Waals surface area contributed by atoms with Crippen molar-refractivity contribution in [2.45, 2.75) is 19.8 Å². The number of fused-ring (bicyclic) bond motifs is 2. The second-order valence-corrected chi connectivity index (χ2v) is 7.28. The van der Waals surface area contributed by atoms with Gasteiger partial charge in [0.1, 0.15) is 11.5 Å². The van der Waals surface area contributed by atoms with E-state index in [9.17, 15) is 0 Å². The van der Waals surface area contributed by atoms with Crippen LogP contribution < -0.4 is 0 Å². The summed E-state index contributed by atoms with van der Waals surface area (Å²) < 4.78 is 0. The van der Waals surface area contributed by atoms with Crippen molar-refractivity contribution in [3.63, 3.8) is 0 Å². The monoisotopic (exact) mass is 384 g/mol. The molecule has 0 saturated heterocycles. The van der Waals surface area contributed by atoms with Crippen molar-refractivity contribution < 1.29 is 0 Å². The van der Waals surface area contributed by atoms with Gasteiger partial charge in [0.05, 0.1) is 17.1 Å². The quantitative estimate of drug-likeness (QED) is 0.455. The lowest BCUT2D eigenvalue weighted by molar-refractivity contribution is 1.04. The topological polar surface area (TPSA) is 51.6 Å². The minimum Gasteiger partial charge on any atom is -0.260 e. The molecule has 0 radical (unpaired) electrons. The molecule has 0 atom stereocenters. The van der Waals surface area contributed by atoms with E-state index in [0.717, 1.165) is 45.4 Å². The number of aromatic nitrogens is 4. The molecule has 4 aromatic rings. The summed E-state index contributed by atoms with van der Waals surface area (Å²) >= 11 is 6.32. The van der Waals surface area contributed by atoms with Gasteiger partial charge in [-0.3, -0.25) is 4.98 Å². The highest BCUT2D eigenvalue weighted by Gasteiger charge is 2.18. The Kier molecular flexibility index (Phi) is 4.14. The molecule has 1 aliphatic carbocycles. The highest BCUT2D eigenvalue weighted by Crippen LogP contribution is 2.33. The van der Waals surface area contributed by atoms with Crippen molar-refractivity contribution >= 4 is 28.4 Å². The van der Waals surface area contributed by atoms with Gasteiger partial charge < -0.3 is 0 Å². The van der Waals surface area contributed by atoms with Crippen molar-refractivity contribution in [1.29, 1.82) is 0 Å². The van der Waals surface area contributed by atoms with Crippen molar-refractivity contribution in [2.75, 3.05) is 0 Å². The lowest BCUT2D eigenvalue weighted by atomic mass is 9.94. The predicted octanol–water partition coefficient (Wildman–Crippen LogP) is 5.21. The second-order valence-electron chi connectivity index (χ2n) is 6.92. The first kappa shape index (κ1) is 17.0. The van der Waals surface area contributed by atoms with Crippen LogP contribution in [0.15, 0.2) is 55.1 Å². The van der Waals surface area contributed by atoms with E-state index in [4.69, 9.17) is 16.6 Å². The molecule has 0 fully saturated rings. The van der Waals surface area contributed by atoms with Crippen LogP contribution in [0.3, 0.4) is 0 Å². The molecule has 5 heteroatoms. The molecule has 136 valence electrons. The summed E-state index contributed by atoms with van der Waals surface area (Å²) in [6, 6.07) is 10.2. The Labute approximate surface area is 168 Å². The van der Waals surface area contributed by atoms with Crippen molar-refractivity contribution in [3.05, 3.63) is 88.4 Å². The van der Waals surface area contributed by atoms with E-state index in [1.165, 1.54) is 11.1 Å². The van der Waals surface area contributed by atoms with Gasteiger partial charge in [0, 0.05) is 41.7 Å². The Morgan fingerprint density at radius 3 is 2.82 bits per heavy atom. The van der Waals surface area contributed by atoms with Crippen LogP contribution in [0.2, 0.25) is 5.15 Å². The van der Waals surface area contributed by atoms with Crippen molar-refractivity contribution in [3.8, 4) is 11.3 Å². The number of nitrogens with zero attached hydrogens (tertiary/aromatic N) is 4. The van der Waals surface area contributed by atoms with Crippen LogP contribution in [0, 0.1) is 6.92 Å². The Morgan fingerprint density at radius 2 is 1.89 bits per heavy atom. The van der Waals surface area contributed by atoms with Crippen LogP contribution in [-0.2, 0) is 12.8 Å². The standard InChI is InChI=1S/C23H17ClN4/c1-14-7-8-16-15(9-11-26-23(16)24)19(14)12-21-18(5-3-10-25-21)22-17-4-2-6-20(17)27-13-28-22/h2-5,7-11,13H,6,12H2,1H3. The average Bonchev–Trinajstić information content (AvgIpc) is 3.20. The summed E-state index contributed by atoms with van der Waals surface area (Å²) in [6.45, 7) is 2.12. The van der Waals surface area contributed by atoms with E-state index < -0.39 is 0 Å². The molecule has 1 aliphatic rings. The van der Waals surface area contributed by atoms with E-state index >= 15 is 0 Å². The molecule has 3 aromatic heterocycles. The maximum absolute atomic E-state index is 6.32. The third-order valence-corrected chi connectivity index (χ3v) is 5.60. The Morgan fingerprint density at radius 1 is 0.964 bits per heavy atom. The minimum absolute atomic E-state index is 0.527. The maximum atomic E-state index is 6.32. The van der Waals surface area contributed by atoms with Crippen LogP contribution in [0.5, 0.6) is 0 Å². The van der Waals surface area contributed by atoms with Gasteiger partial charge in [0.15, 0.2) is 0 Å². The molecule has 0 unspecified atom stereocenters. The number of benzene rings is 1. The van der Waals surface area contributed by atoms with Crippen LogP contribution in [-0.4, -0.2) is 19.9 Å². The van der Waals surface area contributed by atoms with Gasteiger partial charge in [-0.1, -0.05) is 35.9 Å². The van der Waals surface area contributed by atoms with E-state index in [1.54, 1.807) is 12.5 Å². The zero-order valence-corrected chi connectivity index (χ0v) is 16.1. The van der Waals surface area contributed by atoms with Crippen LogP contribution in [0.1, 0.15) is 28.1 Å². The first-order valence-corrected chi connectivity index (χ1v) is 9.57. The van der Waals surface area contributed by atoms with Gasteiger partial charge in [0.25, 0.3) is 0 Å². The lowest BCUT2D eigenvalue weighted by Crippen LogP contribution is -2.02. The lowest BCUT2D eigenvalue weighted by Gasteiger charge is -2.14. The Bertz CT molecular complexity index is 1250. The zero-order valence-electron chi connectivity index (χ0n) is 15.4. The molecular weight excluding hydrogens is 368 g/mol. The normalized spacial score (nSPS) is 12.5. The van der Waals surface area contributed by atoms with Gasteiger partial charge in [-0.05, 0) is 41.6 Å². The number of rotatable bonds is 3. The van der Waals surface area contributed by atoms with Gasteiger partial charge >= 0.3 is 0 Å². The fourth-order valence-electron chi connectivity index (χ4n) is 3.86. The van der Waals surface area contributed by atoms with Crippen molar-refractivity contribution in [1.82, 2.24) is 19.9 Å². The van der Waals surface area contributed by atoms with Crippen LogP contribution >= 0.6 is 11.6 Å². The average molecular weight is 385 g/mol. The third-order valence-electron chi connectivity index (χ3n) is 5.29. The molecule has 0 N–H and O–H groups in total. The summed E-state index contributed by atoms with van der Waals surface area (Å²) in [5, 5.41) is 2.61. The summed E-state index contributed by atoms with van der Waals surface area (Å²) in [4.78, 5) is 17.9. The third kappa shape index (κ3) is 2.77. The van der Waals surface area contributed by atoms with E-state index in [2.05, 4.69) is 46.2 Å². The number of allylic oxidation sites excluding steroid dienone is 1. The highest BCUT2D eigenvalue weighted by atomic mass is 35.5. The van der Waals surface area contributed by atoms with Crippen LogP contribution in [0.25, 0.3) is 28.1 Å². The first-order valence-electron chi connectivity index (χ1n) is 9.20. The number of aryl methyl sites for hydroxylation is 1. The summed E-state index contributed by atoms with van der Waals surface area (Å²) in [7, 11) is 0. The van der Waals surface area contributed by atoms with E-state index in [1.807, 2.05) is 24.4 Å². The van der Waals surface area contributed by atoms with E-state index in [0.29, 0.717) is 11.6 Å². The molecule has 3 heterocycles. The molecule has 0 spiro atoms. The molecule has 4 nitrogen and oxygen atoms in total. The predicted molar refractivity (Wildman–Crippen MR) is 112 cm³/mol. The van der Waals surface area contributed by atoms with Gasteiger partial charge in [0.2, 0.25) is 0 Å². The molecule has 1 aromatic carbocycles. The summed E-state index contributed by atoms with van der Waals surface area (Å²) in [5.41, 5.74) is 7.57. The molecular formula is C23H17ClN4.